The zero-order valence-electron chi connectivity index (χ0n) is 15.3. The highest BCUT2D eigenvalue weighted by molar-refractivity contribution is 6.36. The van der Waals surface area contributed by atoms with E-state index in [2.05, 4.69) is 10.1 Å². The fraction of sp³-hybridized carbons (Fsp3) is 0.389. The topological polar surface area (TPSA) is 90.9 Å². The number of rotatable bonds is 7. The maximum absolute atomic E-state index is 12.2. The third kappa shape index (κ3) is 6.07. The van der Waals surface area contributed by atoms with Crippen molar-refractivity contribution in [1.82, 2.24) is 0 Å². The largest absolute Gasteiger partial charge is 0.465 e. The molecule has 1 rings (SSSR count). The number of carbonyl (C=O) groups is 3. The summed E-state index contributed by atoms with van der Waals surface area (Å²) in [4.78, 5) is 36.0. The lowest BCUT2D eigenvalue weighted by Crippen LogP contribution is -2.24. The number of hydrogen-bond donors (Lipinski definition) is 1. The molecule has 0 heterocycles. The Morgan fingerprint density at radius 1 is 1.04 bits per heavy atom. The molecular weight excluding hydrogens is 362 g/mol. The van der Waals surface area contributed by atoms with E-state index in [4.69, 9.17) is 21.1 Å². The molecule has 0 bridgehead atoms. The van der Waals surface area contributed by atoms with Crippen LogP contribution in [0.1, 0.15) is 38.1 Å². The van der Waals surface area contributed by atoms with Gasteiger partial charge in [-0.3, -0.25) is 0 Å². The zero-order chi connectivity index (χ0) is 19.9. The highest BCUT2D eigenvalue weighted by Crippen LogP contribution is 2.26. The van der Waals surface area contributed by atoms with E-state index in [1.807, 2.05) is 0 Å². The average molecular weight is 384 g/mol. The first-order valence-electron chi connectivity index (χ1n) is 7.92. The van der Waals surface area contributed by atoms with Crippen LogP contribution in [0, 0.1) is 0 Å². The van der Waals surface area contributed by atoms with Crippen molar-refractivity contribution in [2.24, 2.45) is 0 Å². The molecule has 1 aromatic carbocycles. The number of carbonyl (C=O) groups excluding carboxylic acids is 3. The van der Waals surface area contributed by atoms with E-state index < -0.39 is 30.1 Å². The van der Waals surface area contributed by atoms with Crippen LogP contribution in [-0.2, 0) is 23.8 Å². The molecule has 1 N–H and O–H groups in total. The first-order chi connectivity index (χ1) is 12.2. The third-order valence-corrected chi connectivity index (χ3v) is 3.31. The van der Waals surface area contributed by atoms with Gasteiger partial charge in [0.05, 0.1) is 35.6 Å². The van der Waals surface area contributed by atoms with E-state index in [0.717, 1.165) is 6.20 Å². The molecule has 0 spiro atoms. The van der Waals surface area contributed by atoms with Gasteiger partial charge >= 0.3 is 17.9 Å². The number of ether oxygens (including phenoxy) is 3. The van der Waals surface area contributed by atoms with Crippen molar-refractivity contribution < 1.29 is 28.6 Å². The second-order valence-electron chi connectivity index (χ2n) is 5.77. The molecule has 0 aromatic heterocycles. The van der Waals surface area contributed by atoms with Gasteiger partial charge in [0.2, 0.25) is 0 Å². The summed E-state index contributed by atoms with van der Waals surface area (Å²) in [7, 11) is 1.24. The minimum absolute atomic E-state index is 0.0874. The van der Waals surface area contributed by atoms with Gasteiger partial charge in [0.1, 0.15) is 0 Å². The minimum Gasteiger partial charge on any atom is -0.465 e. The Balaban J connectivity index is 3.16. The molecule has 0 unspecified atom stereocenters. The van der Waals surface area contributed by atoms with Gasteiger partial charge < -0.3 is 19.5 Å². The van der Waals surface area contributed by atoms with E-state index >= 15 is 0 Å². The fourth-order valence-electron chi connectivity index (χ4n) is 1.82. The normalized spacial score (nSPS) is 10.3. The molecule has 0 aliphatic heterocycles. The fourth-order valence-corrected chi connectivity index (χ4v) is 2.07. The Kier molecular flexibility index (Phi) is 8.12. The highest BCUT2D eigenvalue weighted by atomic mass is 35.5. The molecule has 0 amide bonds. The van der Waals surface area contributed by atoms with Crippen LogP contribution in [0.4, 0.5) is 5.69 Å². The molecule has 8 heteroatoms. The molecule has 142 valence electrons. The Hall–Kier alpha value is -2.54. The van der Waals surface area contributed by atoms with E-state index in [9.17, 15) is 14.4 Å². The molecule has 26 heavy (non-hydrogen) atoms. The van der Waals surface area contributed by atoms with Gasteiger partial charge in [0.15, 0.2) is 5.57 Å². The summed E-state index contributed by atoms with van der Waals surface area (Å²) in [6.07, 6.45) is 0.311. The van der Waals surface area contributed by atoms with Crippen molar-refractivity contribution in [3.63, 3.8) is 0 Å². The van der Waals surface area contributed by atoms with Crippen molar-refractivity contribution in [3.8, 4) is 0 Å². The first kappa shape index (κ1) is 21.5. The predicted molar refractivity (Wildman–Crippen MR) is 97.0 cm³/mol. The molecule has 0 atom stereocenters. The predicted octanol–water partition coefficient (Wildman–Crippen LogP) is 3.33. The number of nitrogens with one attached hydrogen (secondary N) is 1. The molecule has 0 fully saturated rings. The number of esters is 3. The molecule has 0 saturated carbocycles. The maximum Gasteiger partial charge on any atom is 0.347 e. The van der Waals surface area contributed by atoms with Crippen LogP contribution < -0.4 is 5.32 Å². The Labute approximate surface area is 157 Å². The summed E-state index contributed by atoms with van der Waals surface area (Å²) >= 11 is 6.17. The lowest BCUT2D eigenvalue weighted by Gasteiger charge is -2.13. The molecule has 1 aromatic rings. The second-order valence-corrected chi connectivity index (χ2v) is 6.15. The van der Waals surface area contributed by atoms with E-state index in [0.29, 0.717) is 5.69 Å². The smallest absolute Gasteiger partial charge is 0.347 e. The van der Waals surface area contributed by atoms with Crippen LogP contribution in [0.15, 0.2) is 30.0 Å². The number of benzene rings is 1. The first-order valence-corrected chi connectivity index (χ1v) is 8.30. The maximum atomic E-state index is 12.2. The standard InChI is InChI=1S/C18H22ClNO6/c1-10(2)25-17(22)13(18(23)26-11(3)4)9-20-14-8-6-7-12(15(14)19)16(21)24-5/h6-11,20H,1-5H3. The van der Waals surface area contributed by atoms with Crippen LogP contribution in [0.25, 0.3) is 0 Å². The van der Waals surface area contributed by atoms with Gasteiger partial charge in [-0.2, -0.15) is 0 Å². The molecule has 7 nitrogen and oxygen atoms in total. The monoisotopic (exact) mass is 383 g/mol. The van der Waals surface area contributed by atoms with Crippen LogP contribution in [0.5, 0.6) is 0 Å². The molecular formula is C18H22ClNO6. The van der Waals surface area contributed by atoms with Crippen molar-refractivity contribution >= 4 is 35.2 Å². The van der Waals surface area contributed by atoms with Crippen molar-refractivity contribution in [2.45, 2.75) is 39.9 Å². The Morgan fingerprint density at radius 3 is 2.04 bits per heavy atom. The van der Waals surface area contributed by atoms with Crippen LogP contribution in [0.3, 0.4) is 0 Å². The number of methoxy groups -OCH3 is 1. The van der Waals surface area contributed by atoms with Crippen molar-refractivity contribution in [3.05, 3.63) is 40.6 Å². The molecule has 0 saturated heterocycles. The van der Waals surface area contributed by atoms with Crippen molar-refractivity contribution in [2.75, 3.05) is 12.4 Å². The van der Waals surface area contributed by atoms with Crippen molar-refractivity contribution in [1.29, 1.82) is 0 Å². The summed E-state index contributed by atoms with van der Waals surface area (Å²) in [5, 5.41) is 2.82. The van der Waals surface area contributed by atoms with Crippen LogP contribution in [0.2, 0.25) is 5.02 Å². The quantitative estimate of drug-likeness (QED) is 0.254. The van der Waals surface area contributed by atoms with Gasteiger partial charge in [0.25, 0.3) is 0 Å². The van der Waals surface area contributed by atoms with E-state index in [1.165, 1.54) is 13.2 Å². The lowest BCUT2D eigenvalue weighted by molar-refractivity contribution is -0.150. The highest BCUT2D eigenvalue weighted by Gasteiger charge is 2.24. The summed E-state index contributed by atoms with van der Waals surface area (Å²) < 4.78 is 14.8. The Morgan fingerprint density at radius 2 is 1.58 bits per heavy atom. The van der Waals surface area contributed by atoms with Gasteiger partial charge in [0, 0.05) is 6.20 Å². The number of anilines is 1. The lowest BCUT2D eigenvalue weighted by atomic mass is 10.2. The van der Waals surface area contributed by atoms with E-state index in [-0.39, 0.29) is 16.2 Å². The second kappa shape index (κ2) is 9.82. The van der Waals surface area contributed by atoms with Gasteiger partial charge in [-0.1, -0.05) is 17.7 Å². The number of halogens is 1. The summed E-state index contributed by atoms with van der Waals surface area (Å²) in [5.74, 6) is -2.28. The Bertz CT molecular complexity index is 688. The summed E-state index contributed by atoms with van der Waals surface area (Å²) in [5.41, 5.74) is 0.123. The average Bonchev–Trinajstić information content (AvgIpc) is 2.54. The van der Waals surface area contributed by atoms with Gasteiger partial charge in [-0.05, 0) is 39.8 Å². The minimum atomic E-state index is -0.835. The van der Waals surface area contributed by atoms with Gasteiger partial charge in [-0.25, -0.2) is 14.4 Å². The zero-order valence-corrected chi connectivity index (χ0v) is 16.0. The van der Waals surface area contributed by atoms with E-state index in [1.54, 1.807) is 39.8 Å². The van der Waals surface area contributed by atoms with Crippen LogP contribution in [-0.4, -0.2) is 37.2 Å². The van der Waals surface area contributed by atoms with Crippen LogP contribution >= 0.6 is 11.6 Å². The molecule has 0 aliphatic rings. The summed E-state index contributed by atoms with van der Waals surface area (Å²) in [6.45, 7) is 6.64. The SMILES string of the molecule is COC(=O)c1cccc(NC=C(C(=O)OC(C)C)C(=O)OC(C)C)c1Cl. The third-order valence-electron chi connectivity index (χ3n) is 2.90. The number of hydrogen-bond acceptors (Lipinski definition) is 7. The van der Waals surface area contributed by atoms with Gasteiger partial charge in [-0.15, -0.1) is 0 Å². The molecule has 0 aliphatic carbocycles. The summed E-state index contributed by atoms with van der Waals surface area (Å²) in [6, 6.07) is 4.64. The molecule has 0 radical (unpaired) electrons.